The molecule has 2 rings (SSSR count). The average Bonchev–Trinajstić information content (AvgIpc) is 2.72. The lowest BCUT2D eigenvalue weighted by molar-refractivity contribution is -0.114. The van der Waals surface area contributed by atoms with Gasteiger partial charge in [0.05, 0.1) is 17.1 Å². The van der Waals surface area contributed by atoms with E-state index in [1.165, 1.54) is 17.7 Å². The van der Waals surface area contributed by atoms with Gasteiger partial charge in [0.25, 0.3) is 0 Å². The monoisotopic (exact) mass is 410 g/mol. The highest BCUT2D eigenvalue weighted by atomic mass is 79.9. The molecule has 0 fully saturated rings. The van der Waals surface area contributed by atoms with Gasteiger partial charge in [0.2, 0.25) is 11.8 Å². The average molecular weight is 412 g/mol. The summed E-state index contributed by atoms with van der Waals surface area (Å²) in [6, 6.07) is 5.18. The van der Waals surface area contributed by atoms with Crippen molar-refractivity contribution in [3.05, 3.63) is 45.2 Å². The summed E-state index contributed by atoms with van der Waals surface area (Å²) < 4.78 is 2.32. The second-order valence-corrected chi connectivity index (χ2v) is 6.38. The van der Waals surface area contributed by atoms with E-state index in [0.29, 0.717) is 22.1 Å². The summed E-state index contributed by atoms with van der Waals surface area (Å²) in [5.41, 5.74) is 2.42. The molecule has 1 aromatic carbocycles. The van der Waals surface area contributed by atoms with Crippen LogP contribution >= 0.6 is 27.5 Å². The largest absolute Gasteiger partial charge is 0.325 e. The molecule has 2 N–H and O–H groups in total. The van der Waals surface area contributed by atoms with Crippen molar-refractivity contribution in [3.63, 3.8) is 0 Å². The molecular formula is C16H16BrClN4O2. The summed E-state index contributed by atoms with van der Waals surface area (Å²) in [7, 11) is 1.73. The Morgan fingerprint density at radius 3 is 2.58 bits per heavy atom. The maximum Gasteiger partial charge on any atom is 0.248 e. The quantitative estimate of drug-likeness (QED) is 0.752. The van der Waals surface area contributed by atoms with Crippen LogP contribution in [0.3, 0.4) is 0 Å². The number of nitrogens with zero attached hydrogens (tertiary/aromatic N) is 2. The number of amides is 2. The Hall–Kier alpha value is -2.12. The smallest absolute Gasteiger partial charge is 0.248 e. The zero-order valence-corrected chi connectivity index (χ0v) is 15.7. The minimum Gasteiger partial charge on any atom is -0.325 e. The van der Waals surface area contributed by atoms with Gasteiger partial charge >= 0.3 is 0 Å². The number of anilines is 2. The van der Waals surface area contributed by atoms with Crippen LogP contribution in [0.15, 0.2) is 28.7 Å². The fourth-order valence-corrected chi connectivity index (χ4v) is 2.69. The van der Waals surface area contributed by atoms with Gasteiger partial charge < -0.3 is 10.6 Å². The van der Waals surface area contributed by atoms with Crippen LogP contribution in [0.4, 0.5) is 11.4 Å². The molecule has 6 nitrogen and oxygen atoms in total. The molecule has 0 saturated heterocycles. The summed E-state index contributed by atoms with van der Waals surface area (Å²) in [5, 5.41) is 10.0. The molecule has 2 amide bonds. The second kappa shape index (κ2) is 7.63. The van der Waals surface area contributed by atoms with Crippen molar-refractivity contribution < 1.29 is 9.59 Å². The zero-order valence-electron chi connectivity index (χ0n) is 13.4. The van der Waals surface area contributed by atoms with Gasteiger partial charge in [-0.3, -0.25) is 14.3 Å². The van der Waals surface area contributed by atoms with E-state index in [0.717, 1.165) is 10.2 Å². The van der Waals surface area contributed by atoms with Gasteiger partial charge in [0.1, 0.15) is 5.15 Å². The highest BCUT2D eigenvalue weighted by Gasteiger charge is 2.10. The zero-order chi connectivity index (χ0) is 17.9. The third-order valence-electron chi connectivity index (χ3n) is 3.15. The Morgan fingerprint density at radius 2 is 2.00 bits per heavy atom. The van der Waals surface area contributed by atoms with E-state index < -0.39 is 0 Å². The molecule has 0 atom stereocenters. The van der Waals surface area contributed by atoms with Crippen LogP contribution in [0.2, 0.25) is 5.15 Å². The number of carbonyl (C=O) groups is 2. The van der Waals surface area contributed by atoms with E-state index in [4.69, 9.17) is 11.6 Å². The standard InChI is InChI=1S/C16H16BrClN4O2/c1-9-12(16(18)22(3)21-9)5-7-15(24)20-14-8-11(17)4-6-13(14)19-10(2)23/h4-8H,1-3H3,(H,19,23)(H,20,24)/b7-5+. The maximum atomic E-state index is 12.2. The number of hydrogen-bond donors (Lipinski definition) is 2. The van der Waals surface area contributed by atoms with Crippen molar-refractivity contribution in [2.45, 2.75) is 13.8 Å². The van der Waals surface area contributed by atoms with Crippen LogP contribution in [0.5, 0.6) is 0 Å². The van der Waals surface area contributed by atoms with Crippen molar-refractivity contribution in [2.24, 2.45) is 7.05 Å². The predicted molar refractivity (Wildman–Crippen MR) is 99.1 cm³/mol. The van der Waals surface area contributed by atoms with Crippen LogP contribution in [0.25, 0.3) is 6.08 Å². The first-order valence-electron chi connectivity index (χ1n) is 7.03. The fraction of sp³-hybridized carbons (Fsp3) is 0.188. The Balaban J connectivity index is 2.19. The number of carbonyl (C=O) groups excluding carboxylic acids is 2. The Labute approximate surface area is 153 Å². The first kappa shape index (κ1) is 18.2. The lowest BCUT2D eigenvalue weighted by Gasteiger charge is -2.10. The first-order chi connectivity index (χ1) is 11.3. The molecule has 2 aromatic rings. The normalized spacial score (nSPS) is 10.9. The minimum atomic E-state index is -0.348. The lowest BCUT2D eigenvalue weighted by atomic mass is 10.2. The molecule has 1 aromatic heterocycles. The van der Waals surface area contributed by atoms with Gasteiger partial charge in [-0.25, -0.2) is 0 Å². The molecule has 126 valence electrons. The molecule has 0 aliphatic carbocycles. The van der Waals surface area contributed by atoms with Gasteiger partial charge in [0.15, 0.2) is 0 Å². The molecule has 0 unspecified atom stereocenters. The molecule has 0 radical (unpaired) electrons. The molecule has 24 heavy (non-hydrogen) atoms. The van der Waals surface area contributed by atoms with E-state index in [1.807, 2.05) is 6.92 Å². The molecule has 0 saturated carbocycles. The molecule has 1 heterocycles. The molecule has 0 bridgehead atoms. The first-order valence-corrected chi connectivity index (χ1v) is 8.20. The van der Waals surface area contributed by atoms with E-state index >= 15 is 0 Å². The summed E-state index contributed by atoms with van der Waals surface area (Å²) in [6.45, 7) is 3.22. The topological polar surface area (TPSA) is 76.0 Å². The number of nitrogens with one attached hydrogen (secondary N) is 2. The number of aromatic nitrogens is 2. The van der Waals surface area contributed by atoms with Gasteiger partial charge in [-0.2, -0.15) is 5.10 Å². The van der Waals surface area contributed by atoms with Gasteiger partial charge in [-0.15, -0.1) is 0 Å². The van der Waals surface area contributed by atoms with E-state index in [9.17, 15) is 9.59 Å². The third kappa shape index (κ3) is 4.46. The van der Waals surface area contributed by atoms with Crippen molar-refractivity contribution in [2.75, 3.05) is 10.6 Å². The molecule has 0 aliphatic heterocycles. The number of hydrogen-bond acceptors (Lipinski definition) is 3. The fourth-order valence-electron chi connectivity index (χ4n) is 2.09. The van der Waals surface area contributed by atoms with Gasteiger partial charge in [-0.1, -0.05) is 27.5 Å². The summed E-state index contributed by atoms with van der Waals surface area (Å²) in [4.78, 5) is 23.4. The van der Waals surface area contributed by atoms with Crippen LogP contribution < -0.4 is 10.6 Å². The third-order valence-corrected chi connectivity index (χ3v) is 4.09. The Kier molecular flexibility index (Phi) is 5.80. The minimum absolute atomic E-state index is 0.221. The van der Waals surface area contributed by atoms with E-state index in [-0.39, 0.29) is 11.8 Å². The second-order valence-electron chi connectivity index (χ2n) is 5.11. The van der Waals surface area contributed by atoms with Gasteiger partial charge in [-0.05, 0) is 31.2 Å². The molecule has 0 spiro atoms. The number of aryl methyl sites for hydroxylation is 2. The lowest BCUT2D eigenvalue weighted by Crippen LogP contribution is -2.13. The van der Waals surface area contributed by atoms with E-state index in [2.05, 4.69) is 31.7 Å². The van der Waals surface area contributed by atoms with Crippen LogP contribution in [0.1, 0.15) is 18.2 Å². The van der Waals surface area contributed by atoms with Crippen molar-refractivity contribution in [1.82, 2.24) is 9.78 Å². The molecule has 8 heteroatoms. The van der Waals surface area contributed by atoms with Gasteiger partial charge in [0, 0.05) is 30.1 Å². The Bertz CT molecular complexity index is 830. The van der Waals surface area contributed by atoms with Crippen LogP contribution in [0, 0.1) is 6.92 Å². The number of benzene rings is 1. The highest BCUT2D eigenvalue weighted by molar-refractivity contribution is 9.10. The SMILES string of the molecule is CC(=O)Nc1ccc(Br)cc1NC(=O)/C=C/c1c(C)nn(C)c1Cl. The van der Waals surface area contributed by atoms with Crippen molar-refractivity contribution in [1.29, 1.82) is 0 Å². The number of halogens is 2. The van der Waals surface area contributed by atoms with Crippen molar-refractivity contribution in [3.8, 4) is 0 Å². The molecule has 0 aliphatic rings. The number of rotatable bonds is 4. The Morgan fingerprint density at radius 1 is 1.29 bits per heavy atom. The van der Waals surface area contributed by atoms with E-state index in [1.54, 1.807) is 31.3 Å². The molecular weight excluding hydrogens is 396 g/mol. The highest BCUT2D eigenvalue weighted by Crippen LogP contribution is 2.26. The summed E-state index contributed by atoms with van der Waals surface area (Å²) in [5.74, 6) is -0.569. The maximum absolute atomic E-state index is 12.2. The summed E-state index contributed by atoms with van der Waals surface area (Å²) >= 11 is 9.46. The van der Waals surface area contributed by atoms with Crippen LogP contribution in [-0.4, -0.2) is 21.6 Å². The predicted octanol–water partition coefficient (Wildman–Crippen LogP) is 3.75. The summed E-state index contributed by atoms with van der Waals surface area (Å²) in [6.07, 6.45) is 2.98. The van der Waals surface area contributed by atoms with Crippen molar-refractivity contribution >= 4 is 56.8 Å². The van der Waals surface area contributed by atoms with Crippen LogP contribution in [-0.2, 0) is 16.6 Å².